The lowest BCUT2D eigenvalue weighted by molar-refractivity contribution is 0.00233. The molecule has 0 saturated carbocycles. The minimum atomic E-state index is -0.685. The molecule has 0 aromatic rings. The van der Waals surface area contributed by atoms with Gasteiger partial charge in [0.25, 0.3) is 0 Å². The minimum Gasteiger partial charge on any atom is -0.505 e. The fourth-order valence-corrected chi connectivity index (χ4v) is 2.05. The summed E-state index contributed by atoms with van der Waals surface area (Å²) in [4.78, 5) is 11.7. The Bertz CT molecular complexity index is 392. The number of carbonyl (C=O) groups is 1. The van der Waals surface area contributed by atoms with Crippen molar-refractivity contribution in [2.75, 3.05) is 7.11 Å². The summed E-state index contributed by atoms with van der Waals surface area (Å²) < 4.78 is 20.7. The highest BCUT2D eigenvalue weighted by Crippen LogP contribution is 2.31. The van der Waals surface area contributed by atoms with Crippen LogP contribution in [0.4, 0.5) is 4.79 Å². The van der Waals surface area contributed by atoms with Gasteiger partial charge in [-0.1, -0.05) is 0 Å². The summed E-state index contributed by atoms with van der Waals surface area (Å²) in [6, 6.07) is 0. The van der Waals surface area contributed by atoms with Gasteiger partial charge in [0.05, 0.1) is 19.3 Å². The van der Waals surface area contributed by atoms with E-state index in [2.05, 4.69) is 0 Å². The average molecular weight is 298 g/mol. The maximum absolute atomic E-state index is 11.7. The quantitative estimate of drug-likeness (QED) is 0.419. The van der Waals surface area contributed by atoms with Gasteiger partial charge in [-0.25, -0.2) is 4.79 Å². The topological polar surface area (TPSA) is 54.0 Å². The lowest BCUT2D eigenvalue weighted by Crippen LogP contribution is -2.25. The molecular formula is C16H26O5. The zero-order valence-corrected chi connectivity index (χ0v) is 13.5. The van der Waals surface area contributed by atoms with Gasteiger partial charge in [0.15, 0.2) is 5.76 Å². The first-order valence-corrected chi connectivity index (χ1v) is 7.27. The fourth-order valence-electron chi connectivity index (χ4n) is 2.05. The molecule has 5 nitrogen and oxygen atoms in total. The molecule has 0 unspecified atom stereocenters. The number of hydrogen-bond acceptors (Lipinski definition) is 5. The Hall–Kier alpha value is -1.65. The van der Waals surface area contributed by atoms with E-state index >= 15 is 0 Å². The molecule has 5 heteroatoms. The van der Waals surface area contributed by atoms with Gasteiger partial charge in [-0.2, -0.15) is 0 Å². The predicted molar refractivity (Wildman–Crippen MR) is 79.4 cm³/mol. The van der Waals surface area contributed by atoms with Gasteiger partial charge in [0.2, 0.25) is 0 Å². The molecule has 0 spiro atoms. The van der Waals surface area contributed by atoms with Crippen molar-refractivity contribution >= 4 is 6.16 Å². The van der Waals surface area contributed by atoms with Crippen molar-refractivity contribution in [2.24, 2.45) is 5.92 Å². The largest absolute Gasteiger partial charge is 0.514 e. The summed E-state index contributed by atoms with van der Waals surface area (Å²) in [6.07, 6.45) is 7.24. The molecule has 0 bridgehead atoms. The molecule has 1 heterocycles. The molecule has 2 atom stereocenters. The number of methoxy groups -OCH3 is 1. The molecule has 1 aliphatic rings. The van der Waals surface area contributed by atoms with Crippen molar-refractivity contribution in [1.29, 1.82) is 0 Å². The van der Waals surface area contributed by atoms with Crippen molar-refractivity contribution in [1.82, 2.24) is 0 Å². The van der Waals surface area contributed by atoms with Gasteiger partial charge in [0.1, 0.15) is 18.0 Å². The van der Waals surface area contributed by atoms with Crippen molar-refractivity contribution in [3.05, 3.63) is 24.4 Å². The normalized spacial score (nSPS) is 21.9. The smallest absolute Gasteiger partial charge is 0.505 e. The van der Waals surface area contributed by atoms with Gasteiger partial charge < -0.3 is 18.9 Å². The molecule has 0 N–H and O–H groups in total. The van der Waals surface area contributed by atoms with Crippen LogP contribution in [0.15, 0.2) is 24.4 Å². The second-order valence-electron chi connectivity index (χ2n) is 6.07. The van der Waals surface area contributed by atoms with Gasteiger partial charge in [0, 0.05) is 0 Å². The molecule has 120 valence electrons. The molecule has 0 aromatic carbocycles. The number of allylic oxidation sites excluding steroid dienone is 1. The molecule has 1 rings (SSSR count). The van der Waals surface area contributed by atoms with Crippen LogP contribution in [0, 0.1) is 5.92 Å². The van der Waals surface area contributed by atoms with Gasteiger partial charge in [-0.15, -0.1) is 0 Å². The fraction of sp³-hybridized carbons (Fsp3) is 0.688. The Balaban J connectivity index is 2.45. The Morgan fingerprint density at radius 1 is 1.43 bits per heavy atom. The zero-order valence-electron chi connectivity index (χ0n) is 13.5. The Morgan fingerprint density at radius 2 is 2.14 bits per heavy atom. The molecule has 0 radical (unpaired) electrons. The first-order chi connectivity index (χ1) is 9.83. The van der Waals surface area contributed by atoms with E-state index in [1.165, 1.54) is 6.26 Å². The second-order valence-corrected chi connectivity index (χ2v) is 6.07. The number of ether oxygens (including phenoxy) is 4. The SMILES string of the molecule is CO/C=C/CCC[C@@H]1C(OC(=O)OC(C)(C)C)=CO[C@H]1C. The van der Waals surface area contributed by atoms with Crippen LogP contribution in [0.3, 0.4) is 0 Å². The van der Waals surface area contributed by atoms with E-state index in [0.29, 0.717) is 5.76 Å². The number of unbranched alkanes of at least 4 members (excludes halogenated alkanes) is 1. The Labute approximate surface area is 126 Å². The van der Waals surface area contributed by atoms with E-state index in [4.69, 9.17) is 18.9 Å². The Kier molecular flexibility index (Phi) is 6.59. The van der Waals surface area contributed by atoms with E-state index in [1.807, 2.05) is 13.0 Å². The highest BCUT2D eigenvalue weighted by molar-refractivity contribution is 5.62. The van der Waals surface area contributed by atoms with E-state index in [9.17, 15) is 4.79 Å². The predicted octanol–water partition coefficient (Wildman–Crippen LogP) is 4.14. The lowest BCUT2D eigenvalue weighted by atomic mass is 9.96. The van der Waals surface area contributed by atoms with Crippen molar-refractivity contribution < 1.29 is 23.7 Å². The second kappa shape index (κ2) is 7.96. The summed E-state index contributed by atoms with van der Waals surface area (Å²) in [5.41, 5.74) is -0.566. The third-order valence-corrected chi connectivity index (χ3v) is 3.04. The first-order valence-electron chi connectivity index (χ1n) is 7.27. The highest BCUT2D eigenvalue weighted by Gasteiger charge is 2.32. The summed E-state index contributed by atoms with van der Waals surface area (Å²) >= 11 is 0. The highest BCUT2D eigenvalue weighted by atomic mass is 16.7. The minimum absolute atomic E-state index is 0.00819. The maximum atomic E-state index is 11.7. The molecule has 0 amide bonds. The van der Waals surface area contributed by atoms with Gasteiger partial charge in [-0.3, -0.25) is 0 Å². The standard InChI is InChI=1S/C16H26O5/c1-12-13(9-7-6-8-10-18-5)14(11-19-12)20-15(17)21-16(2,3)4/h8,10-13H,6-7,9H2,1-5H3/b10-8+/t12-,13-/m0/s1. The molecule has 0 aromatic heterocycles. The summed E-state index contributed by atoms with van der Waals surface area (Å²) in [6.45, 7) is 7.37. The van der Waals surface area contributed by atoms with Crippen molar-refractivity contribution in [3.8, 4) is 0 Å². The van der Waals surface area contributed by atoms with Crippen LogP contribution >= 0.6 is 0 Å². The van der Waals surface area contributed by atoms with Crippen LogP contribution in [0.1, 0.15) is 47.0 Å². The summed E-state index contributed by atoms with van der Waals surface area (Å²) in [5.74, 6) is 0.626. The van der Waals surface area contributed by atoms with E-state index in [-0.39, 0.29) is 12.0 Å². The van der Waals surface area contributed by atoms with E-state index in [1.54, 1.807) is 34.1 Å². The number of rotatable bonds is 6. The molecule has 0 fully saturated rings. The van der Waals surface area contributed by atoms with Crippen molar-refractivity contribution in [2.45, 2.75) is 58.7 Å². The maximum Gasteiger partial charge on any atom is 0.514 e. The molecule has 0 aliphatic carbocycles. The van der Waals surface area contributed by atoms with Crippen LogP contribution in [-0.2, 0) is 18.9 Å². The third kappa shape index (κ3) is 6.56. The average Bonchev–Trinajstić information content (AvgIpc) is 2.68. The third-order valence-electron chi connectivity index (χ3n) is 3.04. The molecular weight excluding hydrogens is 272 g/mol. The number of carbonyl (C=O) groups excluding carboxylic acids is 1. The summed E-state index contributed by atoms with van der Waals surface area (Å²) in [7, 11) is 1.62. The van der Waals surface area contributed by atoms with Crippen LogP contribution in [0.2, 0.25) is 0 Å². The zero-order chi connectivity index (χ0) is 15.9. The molecule has 21 heavy (non-hydrogen) atoms. The lowest BCUT2D eigenvalue weighted by Gasteiger charge is -2.21. The first kappa shape index (κ1) is 17.4. The molecule has 1 aliphatic heterocycles. The van der Waals surface area contributed by atoms with E-state index in [0.717, 1.165) is 19.3 Å². The Morgan fingerprint density at radius 3 is 2.76 bits per heavy atom. The summed E-state index contributed by atoms with van der Waals surface area (Å²) in [5, 5.41) is 0. The van der Waals surface area contributed by atoms with Crippen LogP contribution in [0.5, 0.6) is 0 Å². The molecule has 0 saturated heterocycles. The van der Waals surface area contributed by atoms with Crippen LogP contribution in [0.25, 0.3) is 0 Å². The van der Waals surface area contributed by atoms with Crippen molar-refractivity contribution in [3.63, 3.8) is 0 Å². The van der Waals surface area contributed by atoms with Crippen LogP contribution in [-0.4, -0.2) is 25.0 Å². The van der Waals surface area contributed by atoms with Gasteiger partial charge in [-0.05, 0) is 53.0 Å². The van der Waals surface area contributed by atoms with Gasteiger partial charge >= 0.3 is 6.16 Å². The van der Waals surface area contributed by atoms with Crippen LogP contribution < -0.4 is 0 Å². The van der Waals surface area contributed by atoms with E-state index < -0.39 is 11.8 Å². The monoisotopic (exact) mass is 298 g/mol. The number of hydrogen-bond donors (Lipinski definition) is 0.